The van der Waals surface area contributed by atoms with Crippen molar-refractivity contribution in [1.29, 1.82) is 0 Å². The molecule has 1 fully saturated rings. The van der Waals surface area contributed by atoms with Crippen molar-refractivity contribution >= 4 is 27.6 Å². The quantitative estimate of drug-likeness (QED) is 0.632. The third-order valence-corrected chi connectivity index (χ3v) is 7.05. The number of sulfonamides is 1. The van der Waals surface area contributed by atoms with E-state index in [0.29, 0.717) is 24.1 Å². The zero-order chi connectivity index (χ0) is 23.3. The van der Waals surface area contributed by atoms with E-state index in [9.17, 15) is 22.4 Å². The average molecular weight is 465 g/mol. The lowest BCUT2D eigenvalue weighted by Gasteiger charge is -2.31. The molecule has 0 bridgehead atoms. The van der Waals surface area contributed by atoms with Crippen molar-refractivity contribution in [3.8, 4) is 5.75 Å². The van der Waals surface area contributed by atoms with Gasteiger partial charge in [0.05, 0.1) is 25.2 Å². The molecule has 0 saturated carbocycles. The number of amides is 1. The summed E-state index contributed by atoms with van der Waals surface area (Å²) in [4.78, 5) is 24.2. The molecule has 2 aromatic carbocycles. The lowest BCUT2D eigenvalue weighted by Crippen LogP contribution is -2.43. The summed E-state index contributed by atoms with van der Waals surface area (Å²) in [6, 6.07) is 9.55. The van der Waals surface area contributed by atoms with Crippen LogP contribution in [0.15, 0.2) is 47.4 Å². The number of halogens is 1. The fourth-order valence-electron chi connectivity index (χ4n) is 3.51. The van der Waals surface area contributed by atoms with Gasteiger partial charge in [0, 0.05) is 18.8 Å². The van der Waals surface area contributed by atoms with Crippen molar-refractivity contribution in [1.82, 2.24) is 4.31 Å². The van der Waals surface area contributed by atoms with Crippen LogP contribution in [0.5, 0.6) is 5.75 Å². The molecule has 32 heavy (non-hydrogen) atoms. The maximum atomic E-state index is 13.7. The highest BCUT2D eigenvalue weighted by molar-refractivity contribution is 7.89. The largest absolute Gasteiger partial charge is 0.495 e. The van der Waals surface area contributed by atoms with E-state index in [0.717, 1.165) is 12.1 Å². The van der Waals surface area contributed by atoms with Crippen molar-refractivity contribution in [3.63, 3.8) is 0 Å². The SMILES string of the molecule is CCOC(=O)c1ccc(NC(=O)[C@@H]2CCCN(S(=O)(=O)c3cc(F)ccc3OC)C2)cc1. The molecule has 1 atom stereocenters. The summed E-state index contributed by atoms with van der Waals surface area (Å²) in [5, 5.41) is 2.76. The van der Waals surface area contributed by atoms with Gasteiger partial charge in [0.15, 0.2) is 0 Å². The Bertz CT molecular complexity index is 1090. The number of carbonyl (C=O) groups is 2. The summed E-state index contributed by atoms with van der Waals surface area (Å²) in [6.45, 7) is 2.17. The van der Waals surface area contributed by atoms with Crippen LogP contribution in [0.1, 0.15) is 30.1 Å². The van der Waals surface area contributed by atoms with E-state index in [-0.39, 0.29) is 36.2 Å². The third kappa shape index (κ3) is 5.25. The number of esters is 1. The zero-order valence-electron chi connectivity index (χ0n) is 17.8. The molecule has 0 aromatic heterocycles. The van der Waals surface area contributed by atoms with Gasteiger partial charge in [-0.25, -0.2) is 17.6 Å². The van der Waals surface area contributed by atoms with Crippen molar-refractivity contribution in [2.24, 2.45) is 5.92 Å². The van der Waals surface area contributed by atoms with E-state index in [2.05, 4.69) is 5.32 Å². The Balaban J connectivity index is 1.71. The number of benzene rings is 2. The van der Waals surface area contributed by atoms with E-state index in [1.807, 2.05) is 0 Å². The minimum Gasteiger partial charge on any atom is -0.495 e. The first kappa shape index (κ1) is 23.7. The van der Waals surface area contributed by atoms with Gasteiger partial charge < -0.3 is 14.8 Å². The number of anilines is 1. The molecule has 10 heteroatoms. The molecule has 172 valence electrons. The minimum atomic E-state index is -4.05. The summed E-state index contributed by atoms with van der Waals surface area (Å²) in [5.41, 5.74) is 0.846. The van der Waals surface area contributed by atoms with Gasteiger partial charge >= 0.3 is 5.97 Å². The average Bonchev–Trinajstić information content (AvgIpc) is 2.79. The van der Waals surface area contributed by atoms with Crippen LogP contribution in [0.25, 0.3) is 0 Å². The van der Waals surface area contributed by atoms with Crippen LogP contribution in [0.3, 0.4) is 0 Å². The van der Waals surface area contributed by atoms with Crippen LogP contribution < -0.4 is 10.1 Å². The molecule has 8 nitrogen and oxygen atoms in total. The Labute approximate surface area is 186 Å². The monoisotopic (exact) mass is 464 g/mol. The van der Waals surface area contributed by atoms with Crippen LogP contribution in [-0.2, 0) is 19.6 Å². The van der Waals surface area contributed by atoms with E-state index in [1.54, 1.807) is 31.2 Å². The predicted octanol–water partition coefficient (Wildman–Crippen LogP) is 3.05. The normalized spacial score (nSPS) is 16.9. The maximum Gasteiger partial charge on any atom is 0.338 e. The molecule has 0 spiro atoms. The fraction of sp³-hybridized carbons (Fsp3) is 0.364. The first-order chi connectivity index (χ1) is 15.3. The molecule has 0 radical (unpaired) electrons. The Morgan fingerprint density at radius 1 is 1.19 bits per heavy atom. The molecule has 2 aromatic rings. The number of hydrogen-bond acceptors (Lipinski definition) is 6. The summed E-state index contributed by atoms with van der Waals surface area (Å²) in [5.74, 6) is -2.02. The van der Waals surface area contributed by atoms with Crippen molar-refractivity contribution in [2.45, 2.75) is 24.7 Å². The highest BCUT2D eigenvalue weighted by atomic mass is 32.2. The van der Waals surface area contributed by atoms with Gasteiger partial charge in [-0.05, 0) is 62.2 Å². The molecule has 3 rings (SSSR count). The molecular formula is C22H25FN2O6S. The fourth-order valence-corrected chi connectivity index (χ4v) is 5.21. The van der Waals surface area contributed by atoms with Crippen LogP contribution in [0.2, 0.25) is 0 Å². The van der Waals surface area contributed by atoms with E-state index in [1.165, 1.54) is 17.5 Å². The number of carbonyl (C=O) groups excluding carboxylic acids is 2. The molecule has 1 aliphatic heterocycles. The first-order valence-corrected chi connectivity index (χ1v) is 11.6. The van der Waals surface area contributed by atoms with Gasteiger partial charge in [-0.2, -0.15) is 4.31 Å². The van der Waals surface area contributed by atoms with Crippen molar-refractivity contribution in [3.05, 3.63) is 53.8 Å². The maximum absolute atomic E-state index is 13.7. The van der Waals surface area contributed by atoms with Gasteiger partial charge in [0.2, 0.25) is 15.9 Å². The first-order valence-electron chi connectivity index (χ1n) is 10.2. The van der Waals surface area contributed by atoms with Crippen molar-refractivity contribution < 1.29 is 31.9 Å². The Morgan fingerprint density at radius 3 is 2.56 bits per heavy atom. The lowest BCUT2D eigenvalue weighted by molar-refractivity contribution is -0.120. The van der Waals surface area contributed by atoms with Gasteiger partial charge in [-0.3, -0.25) is 4.79 Å². The van der Waals surface area contributed by atoms with Gasteiger partial charge in [0.1, 0.15) is 16.5 Å². The molecule has 1 aliphatic rings. The second kappa shape index (κ2) is 10.1. The zero-order valence-corrected chi connectivity index (χ0v) is 18.7. The molecule has 0 unspecified atom stereocenters. The molecule has 1 N–H and O–H groups in total. The number of nitrogens with zero attached hydrogens (tertiary/aromatic N) is 1. The van der Waals surface area contributed by atoms with Crippen LogP contribution >= 0.6 is 0 Å². The number of rotatable bonds is 7. The van der Waals surface area contributed by atoms with E-state index in [4.69, 9.17) is 9.47 Å². The number of piperidine rings is 1. The van der Waals surface area contributed by atoms with Crippen LogP contribution in [0, 0.1) is 11.7 Å². The van der Waals surface area contributed by atoms with Gasteiger partial charge in [-0.1, -0.05) is 0 Å². The minimum absolute atomic E-state index is 0.0330. The molecule has 1 amide bonds. The highest BCUT2D eigenvalue weighted by Gasteiger charge is 2.35. The topological polar surface area (TPSA) is 102 Å². The summed E-state index contributed by atoms with van der Waals surface area (Å²) in [7, 11) is -2.74. The molecule has 0 aliphatic carbocycles. The third-order valence-electron chi connectivity index (χ3n) is 5.16. The van der Waals surface area contributed by atoms with E-state index < -0.39 is 27.7 Å². The summed E-state index contributed by atoms with van der Waals surface area (Å²) >= 11 is 0. The number of nitrogens with one attached hydrogen (secondary N) is 1. The Hall–Kier alpha value is -2.98. The number of hydrogen-bond donors (Lipinski definition) is 1. The van der Waals surface area contributed by atoms with E-state index >= 15 is 0 Å². The van der Waals surface area contributed by atoms with Gasteiger partial charge in [-0.15, -0.1) is 0 Å². The van der Waals surface area contributed by atoms with Gasteiger partial charge in [0.25, 0.3) is 0 Å². The van der Waals surface area contributed by atoms with Crippen LogP contribution in [-0.4, -0.2) is 51.4 Å². The smallest absolute Gasteiger partial charge is 0.338 e. The molecular weight excluding hydrogens is 439 g/mol. The lowest BCUT2D eigenvalue weighted by atomic mass is 9.98. The molecule has 1 heterocycles. The Kier molecular flexibility index (Phi) is 7.47. The standard InChI is InChI=1S/C22H25FN2O6S/c1-3-31-22(27)15-6-9-18(10-7-15)24-21(26)16-5-4-12-25(14-16)32(28,29)20-13-17(23)8-11-19(20)30-2/h6-11,13,16H,3-5,12,14H2,1-2H3,(H,24,26)/t16-/m1/s1. The van der Waals surface area contributed by atoms with Crippen molar-refractivity contribution in [2.75, 3.05) is 32.1 Å². The Morgan fingerprint density at radius 2 is 1.91 bits per heavy atom. The second-order valence-corrected chi connectivity index (χ2v) is 9.19. The second-order valence-electron chi connectivity index (χ2n) is 7.28. The summed E-state index contributed by atoms with van der Waals surface area (Å²) in [6.07, 6.45) is 0.996. The van der Waals surface area contributed by atoms with Crippen LogP contribution in [0.4, 0.5) is 10.1 Å². The number of methoxy groups -OCH3 is 1. The summed E-state index contributed by atoms with van der Waals surface area (Å²) < 4.78 is 51.1. The molecule has 1 saturated heterocycles. The number of ether oxygens (including phenoxy) is 2. The highest BCUT2D eigenvalue weighted by Crippen LogP contribution is 2.30. The predicted molar refractivity (Wildman–Crippen MR) is 115 cm³/mol.